The van der Waals surface area contributed by atoms with Gasteiger partial charge in [0.15, 0.2) is 5.76 Å². The third-order valence-corrected chi connectivity index (χ3v) is 7.50. The van der Waals surface area contributed by atoms with E-state index in [1.807, 2.05) is 12.1 Å². The Morgan fingerprint density at radius 3 is 2.70 bits per heavy atom. The largest absolute Gasteiger partial charge is 0.497 e. The first-order valence-electron chi connectivity index (χ1n) is 13.9. The number of amides is 2. The van der Waals surface area contributed by atoms with E-state index in [0.29, 0.717) is 30.1 Å². The van der Waals surface area contributed by atoms with Gasteiger partial charge in [-0.3, -0.25) is 9.69 Å². The summed E-state index contributed by atoms with van der Waals surface area (Å²) >= 11 is 0. The second-order valence-corrected chi connectivity index (χ2v) is 10.3. The molecule has 0 saturated carbocycles. The van der Waals surface area contributed by atoms with Crippen molar-refractivity contribution in [2.45, 2.75) is 19.4 Å². The van der Waals surface area contributed by atoms with Gasteiger partial charge in [0, 0.05) is 74.2 Å². The molecule has 40 heavy (non-hydrogen) atoms. The lowest BCUT2D eigenvalue weighted by molar-refractivity contribution is 0.101. The Morgan fingerprint density at radius 2 is 1.93 bits per heavy atom. The van der Waals surface area contributed by atoms with Gasteiger partial charge in [0.05, 0.1) is 12.7 Å². The Hall–Kier alpha value is -3.86. The van der Waals surface area contributed by atoms with Gasteiger partial charge >= 0.3 is 6.03 Å². The normalized spacial score (nSPS) is 16.8. The summed E-state index contributed by atoms with van der Waals surface area (Å²) in [5, 5.41) is 6.57. The number of anilines is 1. The second-order valence-electron chi connectivity index (χ2n) is 10.3. The predicted octanol–water partition coefficient (Wildman–Crippen LogP) is 3.37. The van der Waals surface area contributed by atoms with E-state index >= 15 is 0 Å². The number of carbonyl (C=O) groups excluding carboxylic acids is 2. The van der Waals surface area contributed by atoms with E-state index in [1.165, 1.54) is 0 Å². The Kier molecular flexibility index (Phi) is 8.69. The molecule has 212 valence electrons. The second kappa shape index (κ2) is 12.5. The predicted molar refractivity (Wildman–Crippen MR) is 157 cm³/mol. The first kappa shape index (κ1) is 27.7. The number of unbranched alkanes of at least 4 members (excludes halogenated alkanes) is 1. The summed E-state index contributed by atoms with van der Waals surface area (Å²) in [6.07, 6.45) is 5.54. The molecule has 2 aliphatic heterocycles. The van der Waals surface area contributed by atoms with Crippen LogP contribution in [0.4, 0.5) is 10.5 Å². The van der Waals surface area contributed by atoms with Gasteiger partial charge in [-0.2, -0.15) is 0 Å². The molecule has 0 spiro atoms. The lowest BCUT2D eigenvalue weighted by atomic mass is 10.1. The third-order valence-electron chi connectivity index (χ3n) is 7.50. The highest BCUT2D eigenvalue weighted by Crippen LogP contribution is 2.35. The van der Waals surface area contributed by atoms with E-state index in [1.54, 1.807) is 31.4 Å². The van der Waals surface area contributed by atoms with Gasteiger partial charge in [0.2, 0.25) is 5.78 Å². The highest BCUT2D eigenvalue weighted by atomic mass is 16.5. The Morgan fingerprint density at radius 1 is 1.10 bits per heavy atom. The molecule has 3 heterocycles. The van der Waals surface area contributed by atoms with Crippen LogP contribution >= 0.6 is 0 Å². The summed E-state index contributed by atoms with van der Waals surface area (Å²) < 4.78 is 13.7. The Balaban J connectivity index is 1.33. The summed E-state index contributed by atoms with van der Waals surface area (Å²) in [5.74, 6) is 1.26. The molecule has 4 N–H and O–H groups in total. The number of hydrogen-bond acceptors (Lipinski definition) is 7. The van der Waals surface area contributed by atoms with Gasteiger partial charge in [-0.05, 0) is 68.9 Å². The quantitative estimate of drug-likeness (QED) is 0.264. The highest BCUT2D eigenvalue weighted by Gasteiger charge is 2.28. The molecule has 5 rings (SSSR count). The van der Waals surface area contributed by atoms with Crippen LogP contribution in [0.25, 0.3) is 17.0 Å². The molecule has 3 aromatic rings. The SMILES string of the molecule is COc1ccc2c(c1)c(/C=C1\Oc3ccc(NC(=O)NCCCCN)cc3C1=O)cn2CCN1CCN(C)CC1. The summed E-state index contributed by atoms with van der Waals surface area (Å²) in [7, 11) is 3.81. The molecule has 0 atom stereocenters. The number of methoxy groups -OCH3 is 1. The zero-order chi connectivity index (χ0) is 28.1. The third kappa shape index (κ3) is 6.30. The van der Waals surface area contributed by atoms with E-state index in [-0.39, 0.29) is 17.6 Å². The number of fused-ring (bicyclic) bond motifs is 2. The molecule has 1 saturated heterocycles. The van der Waals surface area contributed by atoms with Crippen molar-refractivity contribution in [3.05, 3.63) is 59.5 Å². The van der Waals surface area contributed by atoms with Crippen LogP contribution in [-0.2, 0) is 6.54 Å². The zero-order valence-corrected chi connectivity index (χ0v) is 23.2. The summed E-state index contributed by atoms with van der Waals surface area (Å²) in [6.45, 7) is 7.22. The van der Waals surface area contributed by atoms with Gasteiger partial charge in [0.1, 0.15) is 11.5 Å². The first-order valence-corrected chi connectivity index (χ1v) is 13.9. The summed E-state index contributed by atoms with van der Waals surface area (Å²) in [5.41, 5.74) is 8.41. The van der Waals surface area contributed by atoms with Crippen LogP contribution in [0.1, 0.15) is 28.8 Å². The maximum atomic E-state index is 13.3. The number of nitrogens with two attached hydrogens (primary N) is 1. The van der Waals surface area contributed by atoms with E-state index in [2.05, 4.69) is 44.3 Å². The number of aromatic nitrogens is 1. The molecule has 10 heteroatoms. The number of hydrogen-bond donors (Lipinski definition) is 3. The molecule has 1 fully saturated rings. The average Bonchev–Trinajstić information content (AvgIpc) is 3.47. The minimum atomic E-state index is -0.322. The van der Waals surface area contributed by atoms with Crippen LogP contribution in [0.2, 0.25) is 0 Å². The molecule has 2 aromatic carbocycles. The van der Waals surface area contributed by atoms with Crippen LogP contribution in [0, 0.1) is 0 Å². The van der Waals surface area contributed by atoms with E-state index < -0.39 is 0 Å². The average molecular weight is 547 g/mol. The van der Waals surface area contributed by atoms with Crippen LogP contribution in [0.5, 0.6) is 11.5 Å². The molecular formula is C30H38N6O4. The van der Waals surface area contributed by atoms with Gasteiger partial charge < -0.3 is 35.3 Å². The fourth-order valence-electron chi connectivity index (χ4n) is 5.11. The number of rotatable bonds is 10. The molecule has 2 aliphatic rings. The van der Waals surface area contributed by atoms with Crippen molar-refractivity contribution in [1.29, 1.82) is 0 Å². The maximum Gasteiger partial charge on any atom is 0.319 e. The van der Waals surface area contributed by atoms with Crippen molar-refractivity contribution < 1.29 is 19.1 Å². The van der Waals surface area contributed by atoms with E-state index in [0.717, 1.165) is 74.3 Å². The van der Waals surface area contributed by atoms with Gasteiger partial charge in [-0.25, -0.2) is 4.79 Å². The standard InChI is InChI=1S/C30H38N6O4/c1-34-11-13-35(14-12-34)15-16-36-20-21(24-19-23(39-2)6-7-26(24)36)17-28-29(37)25-18-22(5-8-27(25)40-28)33-30(38)32-10-4-3-9-31/h5-8,17-20H,3-4,9-16,31H2,1-2H3,(H2,32,33,38)/b28-17-. The highest BCUT2D eigenvalue weighted by molar-refractivity contribution is 6.15. The lowest BCUT2D eigenvalue weighted by Crippen LogP contribution is -2.45. The molecule has 0 unspecified atom stereocenters. The maximum absolute atomic E-state index is 13.3. The topological polar surface area (TPSA) is 114 Å². The number of Topliss-reactive ketones (excluding diaryl/α,β-unsaturated/α-hetero) is 1. The Labute approximate surface area is 234 Å². The van der Waals surface area contributed by atoms with E-state index in [4.69, 9.17) is 15.2 Å². The minimum Gasteiger partial charge on any atom is -0.497 e. The van der Waals surface area contributed by atoms with Crippen molar-refractivity contribution in [1.82, 2.24) is 19.7 Å². The molecular weight excluding hydrogens is 508 g/mol. The number of likely N-dealkylation sites (N-methyl/N-ethyl adjacent to an activating group) is 1. The van der Waals surface area contributed by atoms with Crippen LogP contribution in [0.3, 0.4) is 0 Å². The molecule has 0 radical (unpaired) electrons. The number of allylic oxidation sites excluding steroid dienone is 1. The fraction of sp³-hybridized carbons (Fsp3) is 0.400. The van der Waals surface area contributed by atoms with Crippen LogP contribution in [-0.4, -0.2) is 86.2 Å². The zero-order valence-electron chi connectivity index (χ0n) is 23.2. The van der Waals surface area contributed by atoms with E-state index in [9.17, 15) is 9.59 Å². The van der Waals surface area contributed by atoms with Crippen molar-refractivity contribution >= 4 is 34.5 Å². The van der Waals surface area contributed by atoms with Crippen molar-refractivity contribution in [3.8, 4) is 11.5 Å². The number of ketones is 1. The van der Waals surface area contributed by atoms with Crippen molar-refractivity contribution in [2.24, 2.45) is 5.73 Å². The number of ether oxygens (including phenoxy) is 2. The molecule has 0 aliphatic carbocycles. The molecule has 10 nitrogen and oxygen atoms in total. The molecule has 2 amide bonds. The van der Waals surface area contributed by atoms with Gasteiger partial charge in [-0.1, -0.05) is 0 Å². The molecule has 1 aromatic heterocycles. The number of piperazine rings is 1. The number of benzene rings is 2. The number of carbonyl (C=O) groups is 2. The smallest absolute Gasteiger partial charge is 0.319 e. The van der Waals surface area contributed by atoms with Crippen molar-refractivity contribution in [2.75, 3.05) is 65.3 Å². The van der Waals surface area contributed by atoms with Gasteiger partial charge in [0.25, 0.3) is 0 Å². The fourth-order valence-corrected chi connectivity index (χ4v) is 5.11. The minimum absolute atomic E-state index is 0.219. The molecule has 0 bridgehead atoms. The summed E-state index contributed by atoms with van der Waals surface area (Å²) in [4.78, 5) is 30.4. The van der Waals surface area contributed by atoms with Crippen LogP contribution < -0.4 is 25.8 Å². The van der Waals surface area contributed by atoms with Crippen molar-refractivity contribution in [3.63, 3.8) is 0 Å². The number of urea groups is 1. The Bertz CT molecular complexity index is 1410. The number of nitrogens with one attached hydrogen (secondary N) is 2. The monoisotopic (exact) mass is 546 g/mol. The van der Waals surface area contributed by atoms with Crippen LogP contribution in [0.15, 0.2) is 48.4 Å². The number of nitrogens with zero attached hydrogens (tertiary/aromatic N) is 3. The summed E-state index contributed by atoms with van der Waals surface area (Å²) in [6, 6.07) is 10.8. The lowest BCUT2D eigenvalue weighted by Gasteiger charge is -2.32. The van der Waals surface area contributed by atoms with Gasteiger partial charge in [-0.15, -0.1) is 0 Å². The first-order chi connectivity index (χ1) is 19.4.